The van der Waals surface area contributed by atoms with Crippen LogP contribution in [0.4, 0.5) is 5.13 Å². The maximum Gasteiger partial charge on any atom is 0.362 e. The fraction of sp³-hybridized carbons (Fsp3) is 0.250. The summed E-state index contributed by atoms with van der Waals surface area (Å²) >= 11 is 1.44. The van der Waals surface area contributed by atoms with Crippen molar-refractivity contribution in [3.63, 3.8) is 0 Å². The summed E-state index contributed by atoms with van der Waals surface area (Å²) in [5, 5.41) is 0.493. The first-order valence-electron chi connectivity index (χ1n) is 5.99. The number of hydrogen-bond acceptors (Lipinski definition) is 5. The van der Waals surface area contributed by atoms with E-state index < -0.39 is 13.9 Å². The molecule has 8 heteroatoms. The van der Waals surface area contributed by atoms with Crippen LogP contribution < -0.4 is 10.5 Å². The molecule has 6 nitrogen and oxygen atoms in total. The first kappa shape index (κ1) is 13.6. The molecular formula is C12H13N2O4PS. The van der Waals surface area contributed by atoms with E-state index in [1.54, 1.807) is 6.07 Å². The van der Waals surface area contributed by atoms with E-state index in [2.05, 4.69) is 4.98 Å². The van der Waals surface area contributed by atoms with Crippen LogP contribution in [0.1, 0.15) is 10.4 Å². The Morgan fingerprint density at radius 1 is 1.40 bits per heavy atom. The highest BCUT2D eigenvalue weighted by atomic mass is 32.1. The average molecular weight is 312 g/mol. The zero-order valence-electron chi connectivity index (χ0n) is 10.4. The van der Waals surface area contributed by atoms with Crippen molar-refractivity contribution in [2.75, 3.05) is 12.1 Å². The number of anilines is 1. The normalized spacial score (nSPS) is 13.7. The van der Waals surface area contributed by atoms with Gasteiger partial charge in [-0.05, 0) is 24.5 Å². The number of nitrogens with two attached hydrogens (primary N) is 1. The molecule has 1 aliphatic carbocycles. The number of nitrogen functional groups attached to an aromatic ring is 1. The van der Waals surface area contributed by atoms with E-state index >= 15 is 0 Å². The van der Waals surface area contributed by atoms with Gasteiger partial charge in [-0.1, -0.05) is 12.1 Å². The Hall–Kier alpha value is -1.40. The highest BCUT2D eigenvalue weighted by Crippen LogP contribution is 2.43. The summed E-state index contributed by atoms with van der Waals surface area (Å²) in [7, 11) is -4.21. The van der Waals surface area contributed by atoms with Gasteiger partial charge in [0, 0.05) is 10.4 Å². The fourth-order valence-corrected chi connectivity index (χ4v) is 3.46. The van der Waals surface area contributed by atoms with E-state index in [1.165, 1.54) is 11.3 Å². The minimum absolute atomic E-state index is 0.442. The standard InChI is InChI=1S/C12H13N2O4PS/c13-12-14-11-9(20-12)5-4-7-2-1-3-8(10(7)11)18-6-19(15,16)17/h1-3H,4-6H2,(H2,13,14)(H2,15,16,17). The van der Waals surface area contributed by atoms with Crippen LogP contribution in [0, 0.1) is 0 Å². The summed E-state index contributed by atoms with van der Waals surface area (Å²) in [6, 6.07) is 5.48. The second-order valence-corrected chi connectivity index (χ2v) is 7.26. The molecule has 0 spiro atoms. The van der Waals surface area contributed by atoms with Crippen molar-refractivity contribution in [3.05, 3.63) is 28.6 Å². The van der Waals surface area contributed by atoms with Crippen LogP contribution in [-0.4, -0.2) is 21.1 Å². The Labute approximate surface area is 119 Å². The lowest BCUT2D eigenvalue weighted by Gasteiger charge is -2.19. The van der Waals surface area contributed by atoms with Crippen LogP contribution in [0.15, 0.2) is 18.2 Å². The highest BCUT2D eigenvalue weighted by molar-refractivity contribution is 7.51. The van der Waals surface area contributed by atoms with Gasteiger partial charge >= 0.3 is 7.60 Å². The predicted octanol–water partition coefficient (Wildman–Crippen LogP) is 2.00. The Kier molecular flexibility index (Phi) is 3.30. The second-order valence-electron chi connectivity index (χ2n) is 4.55. The van der Waals surface area contributed by atoms with Gasteiger partial charge in [-0.15, -0.1) is 11.3 Å². The van der Waals surface area contributed by atoms with Crippen molar-refractivity contribution in [3.8, 4) is 17.0 Å². The molecule has 1 aromatic carbocycles. The summed E-state index contributed by atoms with van der Waals surface area (Å²) in [6.45, 7) is 0. The van der Waals surface area contributed by atoms with Crippen molar-refractivity contribution < 1.29 is 19.1 Å². The molecular weight excluding hydrogens is 299 g/mol. The van der Waals surface area contributed by atoms with Crippen LogP contribution in [-0.2, 0) is 17.4 Å². The van der Waals surface area contributed by atoms with Crippen LogP contribution >= 0.6 is 18.9 Å². The maximum atomic E-state index is 11.0. The minimum atomic E-state index is -4.21. The number of hydrogen-bond donors (Lipinski definition) is 3. The lowest BCUT2D eigenvalue weighted by molar-refractivity contribution is 0.301. The van der Waals surface area contributed by atoms with Gasteiger partial charge in [0.05, 0.1) is 5.69 Å². The number of nitrogens with zero attached hydrogens (tertiary/aromatic N) is 1. The largest absolute Gasteiger partial charge is 0.480 e. The number of fused-ring (bicyclic) bond motifs is 3. The fourth-order valence-electron chi connectivity index (χ4n) is 2.31. The molecule has 2 aromatic rings. The van der Waals surface area contributed by atoms with Crippen LogP contribution in [0.25, 0.3) is 11.3 Å². The Bertz CT molecular complexity index is 709. The molecule has 0 amide bonds. The van der Waals surface area contributed by atoms with Crippen LogP contribution in [0.3, 0.4) is 0 Å². The third-order valence-corrected chi connectivity index (χ3v) is 4.48. The lowest BCUT2D eigenvalue weighted by atomic mass is 9.93. The highest BCUT2D eigenvalue weighted by Gasteiger charge is 2.25. The van der Waals surface area contributed by atoms with Crippen molar-refractivity contribution in [2.45, 2.75) is 12.8 Å². The van der Waals surface area contributed by atoms with Gasteiger partial charge in [-0.3, -0.25) is 4.57 Å². The molecule has 4 N–H and O–H groups in total. The van der Waals surface area contributed by atoms with Crippen LogP contribution in [0.5, 0.6) is 5.75 Å². The molecule has 1 aromatic heterocycles. The molecule has 3 rings (SSSR count). The molecule has 106 valence electrons. The van der Waals surface area contributed by atoms with Gasteiger partial charge in [0.1, 0.15) is 5.75 Å². The van der Waals surface area contributed by atoms with E-state index in [9.17, 15) is 4.57 Å². The average Bonchev–Trinajstić information content (AvgIpc) is 2.75. The first-order valence-corrected chi connectivity index (χ1v) is 8.60. The molecule has 1 aliphatic rings. The molecule has 0 fully saturated rings. The summed E-state index contributed by atoms with van der Waals surface area (Å²) in [6.07, 6.45) is 1.08. The number of benzene rings is 1. The predicted molar refractivity (Wildman–Crippen MR) is 76.9 cm³/mol. The Morgan fingerprint density at radius 3 is 2.95 bits per heavy atom. The molecule has 0 saturated heterocycles. The summed E-state index contributed by atoms with van der Waals surface area (Å²) in [5.41, 5.74) is 8.39. The Morgan fingerprint density at radius 2 is 2.20 bits per heavy atom. The second kappa shape index (κ2) is 4.86. The molecule has 0 aliphatic heterocycles. The van der Waals surface area contributed by atoms with E-state index in [0.717, 1.165) is 34.5 Å². The number of rotatable bonds is 3. The van der Waals surface area contributed by atoms with Crippen molar-refractivity contribution in [1.29, 1.82) is 0 Å². The monoisotopic (exact) mass is 312 g/mol. The van der Waals surface area contributed by atoms with Crippen LogP contribution in [0.2, 0.25) is 0 Å². The Balaban J connectivity index is 2.04. The third kappa shape index (κ3) is 2.58. The minimum Gasteiger partial charge on any atom is -0.480 e. The van der Waals surface area contributed by atoms with Gasteiger partial charge in [-0.2, -0.15) is 0 Å². The van der Waals surface area contributed by atoms with Gasteiger partial charge in [-0.25, -0.2) is 4.98 Å². The third-order valence-electron chi connectivity index (χ3n) is 3.07. The summed E-state index contributed by atoms with van der Waals surface area (Å²) < 4.78 is 16.3. The first-order chi connectivity index (χ1) is 9.44. The SMILES string of the molecule is Nc1nc2c(s1)CCc1cccc(OCP(=O)(O)O)c1-2. The lowest BCUT2D eigenvalue weighted by Crippen LogP contribution is -2.06. The molecule has 0 atom stereocenters. The van der Waals surface area contributed by atoms with E-state index in [-0.39, 0.29) is 0 Å². The zero-order valence-corrected chi connectivity index (χ0v) is 12.2. The molecule has 0 unspecified atom stereocenters. The van der Waals surface area contributed by atoms with Gasteiger partial charge < -0.3 is 20.3 Å². The van der Waals surface area contributed by atoms with Gasteiger partial charge in [0.25, 0.3) is 0 Å². The van der Waals surface area contributed by atoms with E-state index in [4.69, 9.17) is 20.3 Å². The number of thiazole rings is 1. The van der Waals surface area contributed by atoms with E-state index in [0.29, 0.717) is 10.9 Å². The zero-order chi connectivity index (χ0) is 14.3. The number of aromatic nitrogens is 1. The van der Waals surface area contributed by atoms with Crippen molar-refractivity contribution in [1.82, 2.24) is 4.98 Å². The summed E-state index contributed by atoms with van der Waals surface area (Å²) in [4.78, 5) is 23.3. The topological polar surface area (TPSA) is 106 Å². The molecule has 1 heterocycles. The summed E-state index contributed by atoms with van der Waals surface area (Å²) in [5.74, 6) is 0.442. The smallest absolute Gasteiger partial charge is 0.362 e. The quantitative estimate of drug-likeness (QED) is 0.749. The van der Waals surface area contributed by atoms with Crippen molar-refractivity contribution in [2.24, 2.45) is 0 Å². The van der Waals surface area contributed by atoms with Gasteiger partial charge in [0.15, 0.2) is 11.5 Å². The molecule has 0 radical (unpaired) electrons. The van der Waals surface area contributed by atoms with Gasteiger partial charge in [0.2, 0.25) is 0 Å². The molecule has 0 saturated carbocycles. The van der Waals surface area contributed by atoms with Crippen molar-refractivity contribution >= 4 is 24.1 Å². The molecule has 0 bridgehead atoms. The molecule has 20 heavy (non-hydrogen) atoms. The number of ether oxygens (including phenoxy) is 1. The number of aryl methyl sites for hydroxylation is 2. The maximum absolute atomic E-state index is 11.0. The van der Waals surface area contributed by atoms with E-state index in [1.807, 2.05) is 12.1 Å².